The van der Waals surface area contributed by atoms with Gasteiger partial charge in [-0.2, -0.15) is 0 Å². The van der Waals surface area contributed by atoms with E-state index in [0.717, 1.165) is 18.1 Å². The summed E-state index contributed by atoms with van der Waals surface area (Å²) in [6.45, 7) is 13.4. The molecular formula is C32H46F2N2O6. The molecule has 2 aromatic rings. The molecule has 0 fully saturated rings. The van der Waals surface area contributed by atoms with Crippen LogP contribution in [0.15, 0.2) is 48.5 Å². The van der Waals surface area contributed by atoms with Gasteiger partial charge in [0.1, 0.15) is 30.1 Å². The Morgan fingerprint density at radius 2 is 1.50 bits per heavy atom. The third-order valence-electron chi connectivity index (χ3n) is 6.01. The van der Waals surface area contributed by atoms with E-state index < -0.39 is 41.5 Å². The van der Waals surface area contributed by atoms with Gasteiger partial charge in [-0.1, -0.05) is 51.1 Å². The highest BCUT2D eigenvalue weighted by Crippen LogP contribution is 2.20. The molecule has 2 rings (SSSR count). The zero-order chi connectivity index (χ0) is 31.3. The summed E-state index contributed by atoms with van der Waals surface area (Å²) >= 11 is 0. The predicted octanol–water partition coefficient (Wildman–Crippen LogP) is 5.92. The molecule has 2 amide bonds. The highest BCUT2D eigenvalue weighted by atomic mass is 19.1. The smallest absolute Gasteiger partial charge is 0.408 e. The Morgan fingerprint density at radius 1 is 0.857 bits per heavy atom. The molecule has 10 heteroatoms. The minimum Gasteiger partial charge on any atom is -0.444 e. The van der Waals surface area contributed by atoms with Crippen molar-refractivity contribution in [1.82, 2.24) is 10.6 Å². The largest absolute Gasteiger partial charge is 0.444 e. The lowest BCUT2D eigenvalue weighted by atomic mass is 9.93. The van der Waals surface area contributed by atoms with Gasteiger partial charge in [-0.3, -0.25) is 4.79 Å². The quantitative estimate of drug-likeness (QED) is 0.197. The maximum absolute atomic E-state index is 14.1. The second-order valence-electron chi connectivity index (χ2n) is 12.5. The van der Waals surface area contributed by atoms with E-state index in [4.69, 9.17) is 18.9 Å². The normalized spacial score (nSPS) is 14.1. The zero-order valence-corrected chi connectivity index (χ0v) is 25.8. The first-order valence-corrected chi connectivity index (χ1v) is 14.1. The predicted molar refractivity (Wildman–Crippen MR) is 157 cm³/mol. The summed E-state index contributed by atoms with van der Waals surface area (Å²) in [6, 6.07) is 10.9. The van der Waals surface area contributed by atoms with Crippen LogP contribution in [-0.4, -0.2) is 55.8 Å². The molecule has 2 N–H and O–H groups in total. The summed E-state index contributed by atoms with van der Waals surface area (Å²) in [5.41, 5.74) is 0.478. The van der Waals surface area contributed by atoms with Gasteiger partial charge in [-0.25, -0.2) is 13.6 Å². The van der Waals surface area contributed by atoms with Crippen molar-refractivity contribution in [2.24, 2.45) is 5.41 Å². The van der Waals surface area contributed by atoms with Crippen LogP contribution in [0.25, 0.3) is 0 Å². The van der Waals surface area contributed by atoms with Gasteiger partial charge < -0.3 is 29.6 Å². The number of halogens is 2. The van der Waals surface area contributed by atoms with Gasteiger partial charge in [0, 0.05) is 19.6 Å². The molecule has 42 heavy (non-hydrogen) atoms. The van der Waals surface area contributed by atoms with Gasteiger partial charge in [-0.15, -0.1) is 0 Å². The molecule has 0 aliphatic rings. The third kappa shape index (κ3) is 14.7. The number of carbonyl (C=O) groups is 2. The van der Waals surface area contributed by atoms with Crippen LogP contribution >= 0.6 is 0 Å². The highest BCUT2D eigenvalue weighted by molar-refractivity contribution is 5.73. The maximum atomic E-state index is 14.1. The van der Waals surface area contributed by atoms with Crippen molar-refractivity contribution in [3.63, 3.8) is 0 Å². The van der Waals surface area contributed by atoms with Crippen molar-refractivity contribution < 1.29 is 37.3 Å². The summed E-state index contributed by atoms with van der Waals surface area (Å²) in [4.78, 5) is 25.2. The first-order valence-electron chi connectivity index (χ1n) is 14.1. The van der Waals surface area contributed by atoms with E-state index in [1.165, 1.54) is 19.1 Å². The molecule has 0 aromatic heterocycles. The van der Waals surface area contributed by atoms with Gasteiger partial charge in [-0.05, 0) is 62.3 Å². The Kier molecular flexibility index (Phi) is 13.8. The Balaban J connectivity index is 2.37. The summed E-state index contributed by atoms with van der Waals surface area (Å²) < 4.78 is 51.4. The van der Waals surface area contributed by atoms with E-state index >= 15 is 0 Å². The number of benzene rings is 2. The highest BCUT2D eigenvalue weighted by Gasteiger charge is 2.34. The molecule has 0 aliphatic carbocycles. The lowest BCUT2D eigenvalue weighted by Crippen LogP contribution is -2.58. The Morgan fingerprint density at radius 3 is 2.07 bits per heavy atom. The van der Waals surface area contributed by atoms with Crippen molar-refractivity contribution in [3.8, 4) is 0 Å². The molecule has 8 nitrogen and oxygen atoms in total. The fraction of sp³-hybridized carbons (Fsp3) is 0.562. The van der Waals surface area contributed by atoms with Gasteiger partial charge >= 0.3 is 6.09 Å². The molecule has 0 aliphatic heterocycles. The molecular weight excluding hydrogens is 546 g/mol. The monoisotopic (exact) mass is 592 g/mol. The summed E-state index contributed by atoms with van der Waals surface area (Å²) in [7, 11) is 0. The van der Waals surface area contributed by atoms with Crippen LogP contribution in [0, 0.1) is 17.0 Å². The van der Waals surface area contributed by atoms with E-state index in [-0.39, 0.29) is 37.7 Å². The Labute approximate surface area is 248 Å². The summed E-state index contributed by atoms with van der Waals surface area (Å²) in [5, 5.41) is 5.67. The zero-order valence-electron chi connectivity index (χ0n) is 25.8. The van der Waals surface area contributed by atoms with Crippen LogP contribution < -0.4 is 10.6 Å². The fourth-order valence-electron chi connectivity index (χ4n) is 4.12. The van der Waals surface area contributed by atoms with Crippen LogP contribution in [0.5, 0.6) is 0 Å². The summed E-state index contributed by atoms with van der Waals surface area (Å²) in [5.74, 6) is -1.87. The Hall–Kier alpha value is -3.08. The number of hydrogen-bond acceptors (Lipinski definition) is 6. The van der Waals surface area contributed by atoms with Crippen molar-refractivity contribution in [2.45, 2.75) is 91.7 Å². The lowest BCUT2D eigenvalue weighted by molar-refractivity contribution is -0.122. The molecule has 0 saturated carbocycles. The van der Waals surface area contributed by atoms with Gasteiger partial charge in [0.2, 0.25) is 5.91 Å². The third-order valence-corrected chi connectivity index (χ3v) is 6.01. The van der Waals surface area contributed by atoms with Crippen molar-refractivity contribution in [1.29, 1.82) is 0 Å². The number of nitrogens with one attached hydrogen (secondary N) is 2. The first kappa shape index (κ1) is 35.1. The number of ether oxygens (including phenoxy) is 4. The molecule has 234 valence electrons. The molecule has 0 unspecified atom stereocenters. The van der Waals surface area contributed by atoms with E-state index in [2.05, 4.69) is 31.4 Å². The van der Waals surface area contributed by atoms with E-state index in [9.17, 15) is 18.4 Å². The molecule has 3 atom stereocenters. The van der Waals surface area contributed by atoms with Gasteiger partial charge in [0.15, 0.2) is 0 Å². The second kappa shape index (κ2) is 16.5. The van der Waals surface area contributed by atoms with Crippen LogP contribution in [0.3, 0.4) is 0 Å². The second-order valence-corrected chi connectivity index (χ2v) is 12.5. The van der Waals surface area contributed by atoms with Crippen LogP contribution in [0.4, 0.5) is 13.6 Å². The SMILES string of the molecule is CC(=O)N[C@@H](Cc1cc(F)cc(F)c1)[C@H](OCc1ccccc1)[C@@H](COCOCCC(C)(C)C)NC(=O)OC(C)(C)C. The Bertz CT molecular complexity index is 1100. The average Bonchev–Trinajstić information content (AvgIpc) is 2.83. The molecule has 2 aromatic carbocycles. The standard InChI is InChI=1S/C32H46F2N2O6/c1-22(37)35-27(17-24-15-25(33)18-26(34)16-24)29(41-19-23-11-9-8-10-12-23)28(36-30(38)42-32(5,6)7)20-40-21-39-14-13-31(2,3)4/h8-12,15-16,18,27-29H,13-14,17,19-21H2,1-7H3,(H,35,37)(H,36,38)/t27-,28+,29-/m0/s1. The van der Waals surface area contributed by atoms with Crippen LogP contribution in [0.1, 0.15) is 66.0 Å². The van der Waals surface area contributed by atoms with Crippen LogP contribution in [0.2, 0.25) is 0 Å². The van der Waals surface area contributed by atoms with Crippen molar-refractivity contribution in [2.75, 3.05) is 20.0 Å². The van der Waals surface area contributed by atoms with Crippen LogP contribution in [-0.2, 0) is 36.8 Å². The minimum atomic E-state index is -0.900. The van der Waals surface area contributed by atoms with E-state index in [1.807, 2.05) is 30.3 Å². The molecule has 0 bridgehead atoms. The number of amides is 2. The molecule has 0 heterocycles. The molecule has 0 radical (unpaired) electrons. The topological polar surface area (TPSA) is 95.1 Å². The van der Waals surface area contributed by atoms with E-state index in [0.29, 0.717) is 12.2 Å². The molecule has 0 saturated heterocycles. The lowest BCUT2D eigenvalue weighted by Gasteiger charge is -2.35. The number of alkyl carbamates (subject to hydrolysis) is 1. The number of hydrogen-bond donors (Lipinski definition) is 2. The van der Waals surface area contributed by atoms with Gasteiger partial charge in [0.05, 0.1) is 25.3 Å². The fourth-order valence-corrected chi connectivity index (χ4v) is 4.12. The minimum absolute atomic E-state index is 0.0162. The van der Waals surface area contributed by atoms with Crippen molar-refractivity contribution in [3.05, 3.63) is 71.3 Å². The maximum Gasteiger partial charge on any atom is 0.408 e. The molecule has 0 spiro atoms. The average molecular weight is 593 g/mol. The first-order chi connectivity index (χ1) is 19.6. The summed E-state index contributed by atoms with van der Waals surface area (Å²) in [6.07, 6.45) is -0.769. The van der Waals surface area contributed by atoms with Gasteiger partial charge in [0.25, 0.3) is 0 Å². The van der Waals surface area contributed by atoms with Crippen molar-refractivity contribution >= 4 is 12.0 Å². The number of rotatable bonds is 15. The van der Waals surface area contributed by atoms with E-state index in [1.54, 1.807) is 20.8 Å². The number of carbonyl (C=O) groups excluding carboxylic acids is 2.